The number of aliphatic hydroxyl groups is 2. The lowest BCUT2D eigenvalue weighted by Crippen LogP contribution is -2.29. The number of hydrogen-bond acceptors (Lipinski definition) is 4. The largest absolute Gasteiger partial charge is 0.396 e. The molecule has 8 nitrogen and oxygen atoms in total. The highest BCUT2D eigenvalue weighted by atomic mass is 16.3. The van der Waals surface area contributed by atoms with E-state index < -0.39 is 18.8 Å². The Morgan fingerprint density at radius 3 is 2.42 bits per heavy atom. The summed E-state index contributed by atoms with van der Waals surface area (Å²) in [6, 6.07) is -0.958. The van der Waals surface area contributed by atoms with E-state index >= 15 is 0 Å². The van der Waals surface area contributed by atoms with Crippen molar-refractivity contribution >= 4 is 0 Å². The van der Waals surface area contributed by atoms with E-state index in [0.29, 0.717) is 0 Å². The minimum absolute atomic E-state index is 0.221. The van der Waals surface area contributed by atoms with Gasteiger partial charge in [-0.15, -0.1) is 0 Å². The van der Waals surface area contributed by atoms with Crippen molar-refractivity contribution in [2.24, 2.45) is 10.2 Å². The van der Waals surface area contributed by atoms with E-state index in [9.17, 15) is 0 Å². The Bertz CT molecular complexity index is 218. The summed E-state index contributed by atoms with van der Waals surface area (Å²) in [7, 11) is 0. The minimum Gasteiger partial charge on any atom is -0.396 e. The number of rotatable bonds is 5. The van der Waals surface area contributed by atoms with Gasteiger partial charge in [-0.25, -0.2) is 0 Å². The zero-order valence-corrected chi connectivity index (χ0v) is 6.15. The van der Waals surface area contributed by atoms with Gasteiger partial charge in [-0.05, 0) is 11.1 Å². The standard InChI is InChI=1S/C4H8N6O2/c5-9-7-1-4(12)3(2-11)8-10-6/h3-4,11-12H,1-2H2/t3-,4-/m0/s1. The van der Waals surface area contributed by atoms with Crippen LogP contribution in [0.15, 0.2) is 10.2 Å². The summed E-state index contributed by atoms with van der Waals surface area (Å²) in [5.41, 5.74) is 15.9. The van der Waals surface area contributed by atoms with E-state index in [2.05, 4.69) is 20.1 Å². The summed E-state index contributed by atoms with van der Waals surface area (Å²) in [5, 5.41) is 23.8. The van der Waals surface area contributed by atoms with Crippen LogP contribution in [0, 0.1) is 0 Å². The molecule has 2 N–H and O–H groups in total. The molecule has 8 heteroatoms. The Morgan fingerprint density at radius 2 is 2.00 bits per heavy atom. The quantitative estimate of drug-likeness (QED) is 0.350. The monoisotopic (exact) mass is 172 g/mol. The molecular formula is C4H8N6O2. The minimum atomic E-state index is -1.14. The van der Waals surface area contributed by atoms with Crippen LogP contribution in [0.3, 0.4) is 0 Å². The fraction of sp³-hybridized carbons (Fsp3) is 1.00. The van der Waals surface area contributed by atoms with Crippen molar-refractivity contribution < 1.29 is 10.2 Å². The lowest BCUT2D eigenvalue weighted by atomic mass is 10.2. The average molecular weight is 172 g/mol. The molecule has 0 aromatic rings. The molecule has 0 aliphatic carbocycles. The van der Waals surface area contributed by atoms with Gasteiger partial charge in [0, 0.05) is 9.82 Å². The summed E-state index contributed by atoms with van der Waals surface area (Å²) in [6.45, 7) is -0.701. The molecule has 0 aromatic heterocycles. The van der Waals surface area contributed by atoms with Crippen molar-refractivity contribution in [3.63, 3.8) is 0 Å². The molecule has 0 amide bonds. The molecule has 0 aliphatic heterocycles. The number of aliphatic hydroxyl groups excluding tert-OH is 2. The molecule has 12 heavy (non-hydrogen) atoms. The van der Waals surface area contributed by atoms with Gasteiger partial charge in [0.2, 0.25) is 0 Å². The van der Waals surface area contributed by atoms with Gasteiger partial charge in [0.15, 0.2) is 0 Å². The third-order valence-electron chi connectivity index (χ3n) is 1.16. The summed E-state index contributed by atoms with van der Waals surface area (Å²) >= 11 is 0. The summed E-state index contributed by atoms with van der Waals surface area (Å²) in [4.78, 5) is 4.81. The van der Waals surface area contributed by atoms with Crippen LogP contribution >= 0.6 is 0 Å². The second-order valence-electron chi connectivity index (χ2n) is 1.94. The molecule has 2 atom stereocenters. The third kappa shape index (κ3) is 3.65. The van der Waals surface area contributed by atoms with Crippen molar-refractivity contribution in [3.05, 3.63) is 20.9 Å². The van der Waals surface area contributed by atoms with Gasteiger partial charge in [0.25, 0.3) is 0 Å². The van der Waals surface area contributed by atoms with Crippen LogP contribution in [0.2, 0.25) is 0 Å². The van der Waals surface area contributed by atoms with E-state index in [4.69, 9.17) is 21.3 Å². The van der Waals surface area contributed by atoms with Gasteiger partial charge in [-0.3, -0.25) is 0 Å². The average Bonchev–Trinajstić information content (AvgIpc) is 2.10. The maximum atomic E-state index is 9.08. The zero-order chi connectivity index (χ0) is 9.40. The fourth-order valence-corrected chi connectivity index (χ4v) is 0.543. The van der Waals surface area contributed by atoms with E-state index in [1.807, 2.05) is 0 Å². The first-order chi connectivity index (χ1) is 5.76. The van der Waals surface area contributed by atoms with Gasteiger partial charge in [-0.2, -0.15) is 0 Å². The first kappa shape index (κ1) is 10.5. The van der Waals surface area contributed by atoms with Crippen molar-refractivity contribution in [1.29, 1.82) is 0 Å². The lowest BCUT2D eigenvalue weighted by Gasteiger charge is -2.12. The molecule has 0 radical (unpaired) electrons. The van der Waals surface area contributed by atoms with Crippen LogP contribution in [-0.4, -0.2) is 35.5 Å². The van der Waals surface area contributed by atoms with Crippen molar-refractivity contribution in [2.75, 3.05) is 13.2 Å². The molecule has 0 heterocycles. The van der Waals surface area contributed by atoms with Crippen LogP contribution in [0.5, 0.6) is 0 Å². The fourth-order valence-electron chi connectivity index (χ4n) is 0.543. The van der Waals surface area contributed by atoms with E-state index in [1.165, 1.54) is 0 Å². The summed E-state index contributed by atoms with van der Waals surface area (Å²) < 4.78 is 0. The second-order valence-corrected chi connectivity index (χ2v) is 1.94. The number of nitrogens with zero attached hydrogens (tertiary/aromatic N) is 6. The van der Waals surface area contributed by atoms with Crippen LogP contribution in [-0.2, 0) is 0 Å². The van der Waals surface area contributed by atoms with E-state index in [1.54, 1.807) is 0 Å². The Balaban J connectivity index is 4.09. The Labute approximate surface area is 67.7 Å². The topological polar surface area (TPSA) is 138 Å². The molecule has 0 unspecified atom stereocenters. The maximum Gasteiger partial charge on any atom is 0.0865 e. The molecule has 0 rings (SSSR count). The first-order valence-electron chi connectivity index (χ1n) is 3.10. The van der Waals surface area contributed by atoms with Crippen LogP contribution in [0.1, 0.15) is 0 Å². The molecule has 0 saturated carbocycles. The highest BCUT2D eigenvalue weighted by molar-refractivity contribution is 4.76. The van der Waals surface area contributed by atoms with Crippen LogP contribution in [0.25, 0.3) is 20.9 Å². The number of hydrogen-bond donors (Lipinski definition) is 2. The molecule has 66 valence electrons. The van der Waals surface area contributed by atoms with Gasteiger partial charge in [0.05, 0.1) is 25.3 Å². The Morgan fingerprint density at radius 1 is 1.33 bits per heavy atom. The SMILES string of the molecule is [N-]=[N+]=NC[C@H](O)[C@H](CO)N=[N+]=[N-]. The van der Waals surface area contributed by atoms with Crippen LogP contribution in [0.4, 0.5) is 0 Å². The normalized spacial score (nSPS) is 13.8. The molecule has 0 aromatic carbocycles. The van der Waals surface area contributed by atoms with Gasteiger partial charge in [0.1, 0.15) is 0 Å². The second kappa shape index (κ2) is 6.26. The predicted octanol–water partition coefficient (Wildman–Crippen LogP) is 0.329. The highest BCUT2D eigenvalue weighted by Crippen LogP contribution is 1.99. The third-order valence-corrected chi connectivity index (χ3v) is 1.16. The number of azide groups is 2. The van der Waals surface area contributed by atoms with Crippen molar-refractivity contribution in [3.8, 4) is 0 Å². The molecule has 0 fully saturated rings. The predicted molar refractivity (Wildman–Crippen MR) is 40.0 cm³/mol. The highest BCUT2D eigenvalue weighted by Gasteiger charge is 2.15. The molecule has 0 spiro atoms. The molecule has 0 bridgehead atoms. The first-order valence-corrected chi connectivity index (χ1v) is 3.10. The van der Waals surface area contributed by atoms with Crippen LogP contribution < -0.4 is 0 Å². The lowest BCUT2D eigenvalue weighted by molar-refractivity contribution is 0.115. The summed E-state index contributed by atoms with van der Waals surface area (Å²) in [5.74, 6) is 0. The smallest absolute Gasteiger partial charge is 0.0865 e. The summed E-state index contributed by atoms with van der Waals surface area (Å²) in [6.07, 6.45) is -1.14. The molecular weight excluding hydrogens is 164 g/mol. The zero-order valence-electron chi connectivity index (χ0n) is 6.15. The Hall–Kier alpha value is -1.46. The van der Waals surface area contributed by atoms with Crippen molar-refractivity contribution in [1.82, 2.24) is 0 Å². The van der Waals surface area contributed by atoms with Gasteiger partial charge < -0.3 is 10.2 Å². The van der Waals surface area contributed by atoms with Crippen molar-refractivity contribution in [2.45, 2.75) is 12.1 Å². The van der Waals surface area contributed by atoms with Gasteiger partial charge >= 0.3 is 0 Å². The Kier molecular flexibility index (Phi) is 5.50. The van der Waals surface area contributed by atoms with Gasteiger partial charge in [-0.1, -0.05) is 10.2 Å². The van der Waals surface area contributed by atoms with E-state index in [0.717, 1.165) is 0 Å². The molecule has 0 saturated heterocycles. The van der Waals surface area contributed by atoms with E-state index in [-0.39, 0.29) is 6.54 Å². The molecule has 0 aliphatic rings. The maximum absolute atomic E-state index is 9.08.